The van der Waals surface area contributed by atoms with Gasteiger partial charge in [0.25, 0.3) is 5.91 Å². The minimum atomic E-state index is -3.89. The van der Waals surface area contributed by atoms with E-state index < -0.39 is 80.7 Å². The van der Waals surface area contributed by atoms with E-state index in [1.54, 1.807) is 18.7 Å². The first-order valence-electron chi connectivity index (χ1n) is 17.1. The van der Waals surface area contributed by atoms with Crippen LogP contribution in [0, 0.1) is 11.8 Å². The Morgan fingerprint density at radius 3 is 2.55 bits per heavy atom. The maximum Gasteiger partial charge on any atom is 0.410 e. The average Bonchev–Trinajstić information content (AvgIpc) is 3.95. The lowest BCUT2D eigenvalue weighted by molar-refractivity contribution is -0.141. The molecule has 0 unspecified atom stereocenters. The number of nitrogens with zero attached hydrogens (tertiary/aromatic N) is 2. The minimum absolute atomic E-state index is 0.0680. The Labute approximate surface area is 286 Å². The Kier molecular flexibility index (Phi) is 9.66. The Morgan fingerprint density at radius 1 is 1.10 bits per heavy atom. The molecule has 0 aromatic heterocycles. The summed E-state index contributed by atoms with van der Waals surface area (Å²) in [5.74, 6) is -3.07. The highest BCUT2D eigenvalue weighted by atomic mass is 32.2. The van der Waals surface area contributed by atoms with Crippen LogP contribution in [0.15, 0.2) is 30.9 Å². The van der Waals surface area contributed by atoms with Gasteiger partial charge in [0.15, 0.2) is 0 Å². The van der Waals surface area contributed by atoms with Gasteiger partial charge in [0.1, 0.15) is 23.7 Å². The van der Waals surface area contributed by atoms with Gasteiger partial charge in [-0.1, -0.05) is 38.1 Å². The van der Waals surface area contributed by atoms with Gasteiger partial charge in [0.2, 0.25) is 21.8 Å². The van der Waals surface area contributed by atoms with Crippen molar-refractivity contribution in [2.45, 2.75) is 107 Å². The molecule has 0 spiro atoms. The van der Waals surface area contributed by atoms with Gasteiger partial charge in [-0.25, -0.2) is 18.0 Å². The molecule has 6 rings (SSSR count). The molecular weight excluding hydrogens is 654 g/mol. The molecule has 2 saturated carbocycles. The molecule has 4 bridgehead atoms. The molecule has 266 valence electrons. The third kappa shape index (κ3) is 7.26. The van der Waals surface area contributed by atoms with E-state index >= 15 is 0 Å². The summed E-state index contributed by atoms with van der Waals surface area (Å²) in [7, 11) is -3.89. The van der Waals surface area contributed by atoms with Crippen LogP contribution in [0.4, 0.5) is 9.59 Å². The van der Waals surface area contributed by atoms with Crippen LogP contribution in [0.1, 0.15) is 75.5 Å². The fraction of sp³-hybridized carbons (Fsp3) is 0.618. The monoisotopic (exact) mass is 699 g/mol. The van der Waals surface area contributed by atoms with E-state index in [2.05, 4.69) is 28.0 Å². The van der Waals surface area contributed by atoms with Crippen LogP contribution in [-0.2, 0) is 53.4 Å². The molecule has 5 atom stereocenters. The molecule has 49 heavy (non-hydrogen) atoms. The largest absolute Gasteiger partial charge is 0.450 e. The molecule has 1 saturated heterocycles. The number of aryl methyl sites for hydroxylation is 1. The number of amides is 5. The summed E-state index contributed by atoms with van der Waals surface area (Å²) in [6.07, 6.45) is 3.41. The third-order valence-corrected chi connectivity index (χ3v) is 12.1. The zero-order valence-electron chi connectivity index (χ0n) is 27.9. The van der Waals surface area contributed by atoms with Crippen molar-refractivity contribution in [3.8, 4) is 0 Å². The predicted molar refractivity (Wildman–Crippen MR) is 176 cm³/mol. The number of nitrogens with one attached hydrogen (secondary N) is 3. The number of rotatable bonds is 7. The minimum Gasteiger partial charge on any atom is -0.450 e. The standard InChI is InChI=1S/C34H45N5O9S/c1-4-23-16-34(23,31(42)37-49(45,46)25-12-13-25)36-29(40)27-15-24-18-39(27)30(41)28(20(2)3)35-32(43)47-14-7-5-6-9-21-10-8-11-22-17-38(19-26(21)22)33(44)48-24/h4,8,10-11,20,23-25,27-28H,1,5-7,9,12-19H2,2-3H3,(H,35,43)(H,36,40)(H,37,42)/t23-,24-,27+,28+,34-/m1/s1. The number of alkyl carbamates (subject to hydrolysis) is 1. The Morgan fingerprint density at radius 2 is 1.86 bits per heavy atom. The smallest absolute Gasteiger partial charge is 0.410 e. The lowest BCUT2D eigenvalue weighted by atomic mass is 9.99. The maximum atomic E-state index is 14.1. The second-order valence-electron chi connectivity index (χ2n) is 14.2. The molecule has 3 N–H and O–H groups in total. The lowest BCUT2D eigenvalue weighted by Gasteiger charge is -2.31. The summed E-state index contributed by atoms with van der Waals surface area (Å²) in [5.41, 5.74) is 1.71. The van der Waals surface area contributed by atoms with Gasteiger partial charge < -0.3 is 25.0 Å². The van der Waals surface area contributed by atoms with Crippen molar-refractivity contribution >= 4 is 39.9 Å². The topological polar surface area (TPSA) is 181 Å². The van der Waals surface area contributed by atoms with E-state index in [-0.39, 0.29) is 26.0 Å². The Bertz CT molecular complexity index is 1640. The van der Waals surface area contributed by atoms with Crippen molar-refractivity contribution in [1.82, 2.24) is 25.2 Å². The van der Waals surface area contributed by atoms with Crippen molar-refractivity contribution in [3.63, 3.8) is 0 Å². The molecule has 5 amide bonds. The number of carbonyl (C=O) groups is 5. The van der Waals surface area contributed by atoms with Crippen molar-refractivity contribution < 1.29 is 41.9 Å². The molecule has 14 nitrogen and oxygen atoms in total. The van der Waals surface area contributed by atoms with Crippen LogP contribution in [-0.4, -0.2) is 90.3 Å². The third-order valence-electron chi connectivity index (χ3n) is 10.2. The number of cyclic esters (lactones) is 1. The van der Waals surface area contributed by atoms with Gasteiger partial charge in [-0.15, -0.1) is 6.58 Å². The molecule has 0 radical (unpaired) electrons. The highest BCUT2D eigenvalue weighted by molar-refractivity contribution is 7.91. The van der Waals surface area contributed by atoms with Gasteiger partial charge in [-0.05, 0) is 67.6 Å². The summed E-state index contributed by atoms with van der Waals surface area (Å²) < 4.78 is 38.6. The van der Waals surface area contributed by atoms with E-state index in [4.69, 9.17) is 9.47 Å². The van der Waals surface area contributed by atoms with E-state index in [1.807, 2.05) is 12.1 Å². The number of hydrogen-bond donors (Lipinski definition) is 3. The molecule has 15 heteroatoms. The van der Waals surface area contributed by atoms with Crippen LogP contribution in [0.2, 0.25) is 0 Å². The average molecular weight is 700 g/mol. The number of benzene rings is 1. The maximum absolute atomic E-state index is 14.1. The summed E-state index contributed by atoms with van der Waals surface area (Å²) in [6.45, 7) is 8.04. The van der Waals surface area contributed by atoms with Crippen LogP contribution in [0.3, 0.4) is 0 Å². The SMILES string of the molecule is C=C[C@@H]1C[C@]1(NC(=O)[C@@H]1C[C@@H]2CN1C(=O)[C@H](C(C)C)NC(=O)OCCCCCc1cccc3c1CN(C3)C(=O)O2)C(=O)NS(=O)(=O)C1CC1. The van der Waals surface area contributed by atoms with Crippen molar-refractivity contribution in [1.29, 1.82) is 0 Å². The quantitative estimate of drug-likeness (QED) is 0.360. The molecule has 1 aromatic carbocycles. The molecule has 3 heterocycles. The highest BCUT2D eigenvalue weighted by Gasteiger charge is 2.62. The first-order valence-corrected chi connectivity index (χ1v) is 18.7. The zero-order chi connectivity index (χ0) is 35.1. The lowest BCUT2D eigenvalue weighted by Crippen LogP contribution is -2.59. The van der Waals surface area contributed by atoms with Gasteiger partial charge in [0, 0.05) is 25.4 Å². The highest BCUT2D eigenvalue weighted by Crippen LogP contribution is 2.45. The first kappa shape index (κ1) is 34.7. The molecule has 1 aromatic rings. The van der Waals surface area contributed by atoms with Crippen molar-refractivity contribution in [3.05, 3.63) is 47.5 Å². The number of ether oxygens (including phenoxy) is 2. The Balaban J connectivity index is 1.25. The van der Waals surface area contributed by atoms with Gasteiger partial charge in [-0.3, -0.25) is 24.0 Å². The van der Waals surface area contributed by atoms with Crippen LogP contribution in [0.25, 0.3) is 0 Å². The summed E-state index contributed by atoms with van der Waals surface area (Å²) in [5, 5.41) is 4.74. The van der Waals surface area contributed by atoms with E-state index in [0.717, 1.165) is 36.0 Å². The molecule has 3 fully saturated rings. The fourth-order valence-electron chi connectivity index (χ4n) is 7.09. The summed E-state index contributed by atoms with van der Waals surface area (Å²) >= 11 is 0. The molecule has 3 aliphatic heterocycles. The predicted octanol–water partition coefficient (Wildman–Crippen LogP) is 2.25. The second-order valence-corrected chi connectivity index (χ2v) is 16.1. The zero-order valence-corrected chi connectivity index (χ0v) is 28.8. The first-order chi connectivity index (χ1) is 23.3. The normalized spacial score (nSPS) is 29.2. The number of hydrogen-bond acceptors (Lipinski definition) is 9. The van der Waals surface area contributed by atoms with E-state index in [9.17, 15) is 32.4 Å². The van der Waals surface area contributed by atoms with Crippen molar-refractivity contribution in [2.75, 3.05) is 13.2 Å². The molecule has 2 aliphatic carbocycles. The fourth-order valence-corrected chi connectivity index (χ4v) is 8.45. The van der Waals surface area contributed by atoms with Gasteiger partial charge in [0.05, 0.1) is 18.4 Å². The van der Waals surface area contributed by atoms with Crippen LogP contribution >= 0.6 is 0 Å². The summed E-state index contributed by atoms with van der Waals surface area (Å²) in [4.78, 5) is 70.7. The number of fused-ring (bicyclic) bond motifs is 3. The van der Waals surface area contributed by atoms with Gasteiger partial charge in [-0.2, -0.15) is 0 Å². The summed E-state index contributed by atoms with van der Waals surface area (Å²) in [6, 6.07) is 3.77. The Hall–Kier alpha value is -4.14. The van der Waals surface area contributed by atoms with Crippen LogP contribution < -0.4 is 15.4 Å². The second kappa shape index (κ2) is 13.6. The van der Waals surface area contributed by atoms with E-state index in [0.29, 0.717) is 32.4 Å². The number of carbonyl (C=O) groups excluding carboxylic acids is 5. The number of sulfonamides is 1. The van der Waals surface area contributed by atoms with Crippen molar-refractivity contribution in [2.24, 2.45) is 11.8 Å². The molecular formula is C34H45N5O9S. The van der Waals surface area contributed by atoms with Gasteiger partial charge >= 0.3 is 12.2 Å². The van der Waals surface area contributed by atoms with E-state index in [1.165, 1.54) is 11.0 Å². The molecule has 5 aliphatic rings. The van der Waals surface area contributed by atoms with Crippen LogP contribution in [0.5, 0.6) is 0 Å².